The van der Waals surface area contributed by atoms with Gasteiger partial charge in [0.05, 0.1) is 12.4 Å². The molecule has 8 nitrogen and oxygen atoms in total. The number of quaternary nitrogens is 1. The molecule has 1 aliphatic carbocycles. The molecule has 0 saturated heterocycles. The number of fused-ring (bicyclic) bond motifs is 2. The van der Waals surface area contributed by atoms with Crippen molar-refractivity contribution in [3.05, 3.63) is 59.8 Å². The average molecular weight is 404 g/mol. The molecule has 2 aromatic rings. The van der Waals surface area contributed by atoms with Gasteiger partial charge < -0.3 is 20.2 Å². The summed E-state index contributed by atoms with van der Waals surface area (Å²) in [4.78, 5) is 23.5. The van der Waals surface area contributed by atoms with E-state index < -0.39 is 6.09 Å². The van der Waals surface area contributed by atoms with E-state index in [-0.39, 0.29) is 10.5 Å². The number of nitrogens with zero attached hydrogens (tertiary/aromatic N) is 3. The summed E-state index contributed by atoms with van der Waals surface area (Å²) in [5, 5.41) is 14.2. The number of aromatic nitrogens is 1. The predicted molar refractivity (Wildman–Crippen MR) is 113 cm³/mol. The van der Waals surface area contributed by atoms with Gasteiger partial charge in [-0.1, -0.05) is 18.2 Å². The van der Waals surface area contributed by atoms with Crippen molar-refractivity contribution in [1.29, 1.82) is 0 Å². The van der Waals surface area contributed by atoms with Crippen LogP contribution in [0.5, 0.6) is 0 Å². The Labute approximate surface area is 174 Å². The van der Waals surface area contributed by atoms with E-state index in [0.717, 1.165) is 59.5 Å². The van der Waals surface area contributed by atoms with Gasteiger partial charge in [-0.2, -0.15) is 10.8 Å². The van der Waals surface area contributed by atoms with Gasteiger partial charge in [0.2, 0.25) is 5.70 Å². The number of aliphatic imine (C=N–C) groups is 2. The number of hydrogen-bond acceptors (Lipinski definition) is 5. The van der Waals surface area contributed by atoms with Crippen LogP contribution >= 0.6 is 0 Å². The topological polar surface area (TPSA) is 119 Å². The highest BCUT2D eigenvalue weighted by atomic mass is 16.4. The molecule has 1 aromatic heterocycles. The molecule has 1 atom stereocenters. The molecule has 30 heavy (non-hydrogen) atoms. The smallest absolute Gasteiger partial charge is 0.281 e. The van der Waals surface area contributed by atoms with Gasteiger partial charge >= 0.3 is 0 Å². The zero-order chi connectivity index (χ0) is 20.7. The van der Waals surface area contributed by atoms with Crippen LogP contribution in [-0.4, -0.2) is 34.3 Å². The molecule has 2 aliphatic heterocycles. The first-order chi connectivity index (χ1) is 14.5. The van der Waals surface area contributed by atoms with Crippen LogP contribution in [0.1, 0.15) is 31.4 Å². The highest BCUT2D eigenvalue weighted by Gasteiger charge is 2.46. The van der Waals surface area contributed by atoms with E-state index in [1.165, 1.54) is 0 Å². The van der Waals surface area contributed by atoms with Gasteiger partial charge in [-0.05, 0) is 43.7 Å². The Morgan fingerprint density at radius 1 is 1.27 bits per heavy atom. The number of H-pyrrole nitrogens is 1. The van der Waals surface area contributed by atoms with Crippen LogP contribution in [0.4, 0.5) is 4.79 Å². The van der Waals surface area contributed by atoms with Crippen molar-refractivity contribution >= 4 is 29.0 Å². The Kier molecular flexibility index (Phi) is 4.52. The SMILES string of the molecule is N[N+]12C=CN=CC1=C(C1CCC(CNC(=O)[O-])CC1)N=C2c1cc2ccccc2[nH]1. The Morgan fingerprint density at radius 3 is 2.83 bits per heavy atom. The molecule has 3 aliphatic rings. The third-order valence-corrected chi connectivity index (χ3v) is 6.36. The van der Waals surface area contributed by atoms with Crippen LogP contribution in [0.25, 0.3) is 10.9 Å². The lowest BCUT2D eigenvalue weighted by atomic mass is 9.80. The van der Waals surface area contributed by atoms with E-state index in [2.05, 4.69) is 27.4 Å². The third kappa shape index (κ3) is 3.14. The molecule has 0 spiro atoms. The first-order valence-corrected chi connectivity index (χ1v) is 10.3. The summed E-state index contributed by atoms with van der Waals surface area (Å²) in [5.74, 6) is 8.21. The van der Waals surface area contributed by atoms with Gasteiger partial charge in [0.15, 0.2) is 0 Å². The Morgan fingerprint density at radius 2 is 2.07 bits per heavy atom. The number of carbonyl (C=O) groups excluding carboxylic acids is 1. The fourth-order valence-corrected chi connectivity index (χ4v) is 4.75. The van der Waals surface area contributed by atoms with Gasteiger partial charge in [-0.25, -0.2) is 0 Å². The number of amidine groups is 1. The minimum absolute atomic E-state index is 0.0117. The van der Waals surface area contributed by atoms with Crippen molar-refractivity contribution in [2.45, 2.75) is 25.7 Å². The first-order valence-electron chi connectivity index (χ1n) is 10.3. The molecule has 0 bridgehead atoms. The molecule has 154 valence electrons. The summed E-state index contributed by atoms with van der Waals surface area (Å²) in [7, 11) is 0. The van der Waals surface area contributed by atoms with Gasteiger partial charge in [-0.3, -0.25) is 4.99 Å². The minimum Gasteiger partial charge on any atom is -0.530 e. The number of aromatic amines is 1. The number of allylic oxidation sites excluding steroid dienone is 2. The number of nitrogens with one attached hydrogen (secondary N) is 2. The number of para-hydroxylation sites is 1. The number of carboxylic acid groups (broad SMARTS) is 1. The summed E-state index contributed by atoms with van der Waals surface area (Å²) < 4.78 is 0.0117. The normalized spacial score (nSPS) is 28.0. The predicted octanol–water partition coefficient (Wildman–Crippen LogP) is 2.13. The van der Waals surface area contributed by atoms with Crippen molar-refractivity contribution in [3.63, 3.8) is 0 Å². The second kappa shape index (κ2) is 7.23. The number of rotatable bonds is 4. The van der Waals surface area contributed by atoms with Gasteiger partial charge in [0.25, 0.3) is 5.84 Å². The van der Waals surface area contributed by atoms with Gasteiger partial charge in [0.1, 0.15) is 23.7 Å². The van der Waals surface area contributed by atoms with E-state index in [4.69, 9.17) is 10.8 Å². The Balaban J connectivity index is 1.44. The van der Waals surface area contributed by atoms with Crippen molar-refractivity contribution in [3.8, 4) is 0 Å². The minimum atomic E-state index is -1.21. The first kappa shape index (κ1) is 18.8. The van der Waals surface area contributed by atoms with Crippen LogP contribution in [-0.2, 0) is 0 Å². The standard InChI is InChI=1S/C22H24N6O2/c23-28-10-9-24-13-19(28)20(15-7-5-14(6-8-15)12-25-22(29)30)27-21(28)18-11-16-3-1-2-4-17(16)26-18/h1-4,9-11,13-15,25H,5-8,12,23H2,(H-,24,26,27,29,30). The largest absolute Gasteiger partial charge is 0.530 e. The molecule has 1 saturated carbocycles. The molecule has 1 unspecified atom stereocenters. The maximum absolute atomic E-state index is 10.7. The molecular formula is C22H24N6O2. The Bertz CT molecular complexity index is 1090. The highest BCUT2D eigenvalue weighted by Crippen LogP contribution is 2.41. The summed E-state index contributed by atoms with van der Waals surface area (Å²) in [6.45, 7) is 0.450. The van der Waals surface area contributed by atoms with Crippen LogP contribution in [0.15, 0.2) is 64.1 Å². The fourth-order valence-electron chi connectivity index (χ4n) is 4.75. The zero-order valence-corrected chi connectivity index (χ0v) is 16.5. The maximum Gasteiger partial charge on any atom is 0.281 e. The molecule has 3 heterocycles. The number of nitrogens with two attached hydrogens (primary N) is 1. The Hall–Kier alpha value is -3.23. The molecule has 0 radical (unpaired) electrons. The lowest BCUT2D eigenvalue weighted by Crippen LogP contribution is -2.53. The van der Waals surface area contributed by atoms with E-state index in [1.807, 2.05) is 30.6 Å². The number of benzene rings is 1. The van der Waals surface area contributed by atoms with Crippen molar-refractivity contribution < 1.29 is 14.5 Å². The van der Waals surface area contributed by atoms with Crippen molar-refractivity contribution in [1.82, 2.24) is 10.3 Å². The van der Waals surface area contributed by atoms with E-state index >= 15 is 0 Å². The summed E-state index contributed by atoms with van der Waals surface area (Å²) in [6.07, 6.45) is 7.96. The quantitative estimate of drug-likeness (QED) is 0.535. The molecule has 1 amide bonds. The third-order valence-electron chi connectivity index (χ3n) is 6.36. The van der Waals surface area contributed by atoms with E-state index in [9.17, 15) is 9.90 Å². The number of carbonyl (C=O) groups is 1. The monoisotopic (exact) mass is 404 g/mol. The number of amides is 1. The van der Waals surface area contributed by atoms with Crippen LogP contribution < -0.4 is 16.3 Å². The number of hydrogen-bond donors (Lipinski definition) is 3. The van der Waals surface area contributed by atoms with Gasteiger partial charge in [-0.15, -0.1) is 4.59 Å². The van der Waals surface area contributed by atoms with Crippen molar-refractivity contribution in [2.24, 2.45) is 27.7 Å². The molecule has 1 fully saturated rings. The van der Waals surface area contributed by atoms with Gasteiger partial charge in [0, 0.05) is 23.4 Å². The fraction of sp³-hybridized carbons (Fsp3) is 0.318. The molecule has 1 aromatic carbocycles. The second-order valence-electron chi connectivity index (χ2n) is 8.22. The second-order valence-corrected chi connectivity index (χ2v) is 8.22. The van der Waals surface area contributed by atoms with E-state index in [1.54, 1.807) is 6.20 Å². The summed E-state index contributed by atoms with van der Waals surface area (Å²) in [6, 6.07) is 10.2. The maximum atomic E-state index is 10.7. The van der Waals surface area contributed by atoms with Crippen molar-refractivity contribution in [2.75, 3.05) is 6.54 Å². The molecule has 4 N–H and O–H groups in total. The molecular weight excluding hydrogens is 380 g/mol. The molecule has 5 rings (SSSR count). The lowest BCUT2D eigenvalue weighted by Gasteiger charge is -2.29. The summed E-state index contributed by atoms with van der Waals surface area (Å²) >= 11 is 0. The van der Waals surface area contributed by atoms with Crippen LogP contribution in [0.2, 0.25) is 0 Å². The highest BCUT2D eigenvalue weighted by molar-refractivity contribution is 6.02. The zero-order valence-electron chi connectivity index (χ0n) is 16.5. The average Bonchev–Trinajstić information content (AvgIpc) is 3.31. The van der Waals surface area contributed by atoms with Crippen LogP contribution in [0.3, 0.4) is 0 Å². The van der Waals surface area contributed by atoms with E-state index in [0.29, 0.717) is 12.5 Å². The summed E-state index contributed by atoms with van der Waals surface area (Å²) in [5.41, 5.74) is 3.85. The van der Waals surface area contributed by atoms with Crippen LogP contribution in [0, 0.1) is 11.8 Å². The molecule has 8 heteroatoms. The lowest BCUT2D eigenvalue weighted by molar-refractivity contribution is -0.750.